The molecular formula is C16H22N2O7S. The summed E-state index contributed by atoms with van der Waals surface area (Å²) in [5.74, 6) is -1.26. The third-order valence-electron chi connectivity index (χ3n) is 3.87. The number of nitrogens with two attached hydrogens (primary N) is 1. The molecule has 1 aromatic carbocycles. The summed E-state index contributed by atoms with van der Waals surface area (Å²) < 4.78 is 42.3. The van der Waals surface area contributed by atoms with Gasteiger partial charge < -0.3 is 19.9 Å². The predicted octanol–water partition coefficient (Wildman–Crippen LogP) is -0.324. The van der Waals surface area contributed by atoms with Crippen molar-refractivity contribution in [2.75, 3.05) is 33.4 Å². The van der Waals surface area contributed by atoms with E-state index in [9.17, 15) is 18.0 Å². The number of morpholine rings is 1. The van der Waals surface area contributed by atoms with E-state index in [1.54, 1.807) is 6.07 Å². The fraction of sp³-hybridized carbons (Fsp3) is 0.500. The van der Waals surface area contributed by atoms with E-state index in [1.807, 2.05) is 0 Å². The molecule has 1 fully saturated rings. The number of carbonyl (C=O) groups is 2. The SMILES string of the molecule is COc1ccc(CC(=O)O[C@@H](C)C(N)=O)cc1S(=O)(=O)N1CCOCC1. The van der Waals surface area contributed by atoms with Crippen molar-refractivity contribution in [2.24, 2.45) is 5.73 Å². The van der Waals surface area contributed by atoms with Crippen molar-refractivity contribution in [1.82, 2.24) is 4.31 Å². The molecule has 0 aliphatic carbocycles. The van der Waals surface area contributed by atoms with E-state index < -0.39 is 28.0 Å². The molecule has 2 rings (SSSR count). The lowest BCUT2D eigenvalue weighted by molar-refractivity contribution is -0.153. The van der Waals surface area contributed by atoms with Crippen LogP contribution in [0.15, 0.2) is 23.1 Å². The number of ether oxygens (including phenoxy) is 3. The van der Waals surface area contributed by atoms with Crippen molar-refractivity contribution in [1.29, 1.82) is 0 Å². The highest BCUT2D eigenvalue weighted by Crippen LogP contribution is 2.28. The van der Waals surface area contributed by atoms with Gasteiger partial charge in [-0.2, -0.15) is 4.31 Å². The van der Waals surface area contributed by atoms with Crippen LogP contribution in [0.25, 0.3) is 0 Å². The van der Waals surface area contributed by atoms with Gasteiger partial charge >= 0.3 is 5.97 Å². The van der Waals surface area contributed by atoms with Crippen LogP contribution < -0.4 is 10.5 Å². The average molecular weight is 386 g/mol. The van der Waals surface area contributed by atoms with Gasteiger partial charge in [0.15, 0.2) is 6.10 Å². The molecule has 1 aliphatic heterocycles. The highest BCUT2D eigenvalue weighted by atomic mass is 32.2. The number of hydrogen-bond donors (Lipinski definition) is 1. The zero-order valence-electron chi connectivity index (χ0n) is 14.6. The number of carbonyl (C=O) groups excluding carboxylic acids is 2. The summed E-state index contributed by atoms with van der Waals surface area (Å²) in [4.78, 5) is 22.8. The van der Waals surface area contributed by atoms with Crippen LogP contribution >= 0.6 is 0 Å². The first-order valence-corrected chi connectivity index (χ1v) is 9.43. The maximum atomic E-state index is 12.9. The number of amides is 1. The summed E-state index contributed by atoms with van der Waals surface area (Å²) in [6, 6.07) is 4.42. The molecule has 10 heteroatoms. The number of primary amides is 1. The largest absolute Gasteiger partial charge is 0.495 e. The molecule has 0 aromatic heterocycles. The van der Waals surface area contributed by atoms with Crippen LogP contribution in [0, 0.1) is 0 Å². The summed E-state index contributed by atoms with van der Waals surface area (Å²) in [5.41, 5.74) is 5.47. The first-order valence-electron chi connectivity index (χ1n) is 7.99. The second-order valence-corrected chi connectivity index (χ2v) is 7.62. The van der Waals surface area contributed by atoms with E-state index in [1.165, 1.54) is 30.5 Å². The van der Waals surface area contributed by atoms with Gasteiger partial charge in [-0.25, -0.2) is 8.42 Å². The van der Waals surface area contributed by atoms with Gasteiger partial charge in [-0.3, -0.25) is 9.59 Å². The number of methoxy groups -OCH3 is 1. The van der Waals surface area contributed by atoms with Crippen molar-refractivity contribution in [2.45, 2.75) is 24.3 Å². The number of nitrogens with zero attached hydrogens (tertiary/aromatic N) is 1. The lowest BCUT2D eigenvalue weighted by Crippen LogP contribution is -2.40. The smallest absolute Gasteiger partial charge is 0.311 e. The number of sulfonamides is 1. The third kappa shape index (κ3) is 4.71. The van der Waals surface area contributed by atoms with E-state index in [4.69, 9.17) is 19.9 Å². The van der Waals surface area contributed by atoms with Crippen molar-refractivity contribution < 1.29 is 32.2 Å². The Bertz CT molecular complexity index is 773. The summed E-state index contributed by atoms with van der Waals surface area (Å²) >= 11 is 0. The highest BCUT2D eigenvalue weighted by molar-refractivity contribution is 7.89. The molecule has 144 valence electrons. The Kier molecular flexibility index (Phi) is 6.57. The van der Waals surface area contributed by atoms with E-state index >= 15 is 0 Å². The highest BCUT2D eigenvalue weighted by Gasteiger charge is 2.29. The second kappa shape index (κ2) is 8.47. The topological polar surface area (TPSA) is 125 Å². The number of esters is 1. The standard InChI is InChI=1S/C16H22N2O7S/c1-11(16(17)20)25-15(19)10-12-3-4-13(23-2)14(9-12)26(21,22)18-5-7-24-8-6-18/h3-4,9,11H,5-8,10H2,1-2H3,(H2,17,20)/t11-/m0/s1. The molecule has 2 N–H and O–H groups in total. The molecule has 1 saturated heterocycles. The van der Waals surface area contributed by atoms with Gasteiger partial charge in [0.25, 0.3) is 5.91 Å². The Hall–Kier alpha value is -2.17. The minimum absolute atomic E-state index is 0.0323. The van der Waals surface area contributed by atoms with Gasteiger partial charge in [0.2, 0.25) is 10.0 Å². The summed E-state index contributed by atoms with van der Waals surface area (Å²) in [5, 5.41) is 0. The van der Waals surface area contributed by atoms with E-state index in [0.717, 1.165) is 0 Å². The van der Waals surface area contributed by atoms with E-state index in [-0.39, 0.29) is 30.2 Å². The van der Waals surface area contributed by atoms with Gasteiger partial charge in [0.05, 0.1) is 26.7 Å². The molecule has 0 radical (unpaired) electrons. The monoisotopic (exact) mass is 386 g/mol. The Labute approximate surface area is 152 Å². The van der Waals surface area contributed by atoms with Gasteiger partial charge in [-0.05, 0) is 24.6 Å². The molecule has 1 aliphatic rings. The van der Waals surface area contributed by atoms with Crippen LogP contribution in [0.5, 0.6) is 5.75 Å². The Morgan fingerprint density at radius 1 is 1.31 bits per heavy atom. The predicted molar refractivity (Wildman–Crippen MR) is 91.0 cm³/mol. The maximum Gasteiger partial charge on any atom is 0.311 e. The van der Waals surface area contributed by atoms with Crippen LogP contribution in [-0.2, 0) is 35.5 Å². The molecule has 26 heavy (non-hydrogen) atoms. The molecular weight excluding hydrogens is 364 g/mol. The van der Waals surface area contributed by atoms with Gasteiger partial charge in [0.1, 0.15) is 10.6 Å². The van der Waals surface area contributed by atoms with Crippen molar-refractivity contribution in [3.63, 3.8) is 0 Å². The van der Waals surface area contributed by atoms with Crippen LogP contribution in [0.4, 0.5) is 0 Å². The maximum absolute atomic E-state index is 12.9. The Morgan fingerprint density at radius 2 is 1.96 bits per heavy atom. The number of benzene rings is 1. The molecule has 9 nitrogen and oxygen atoms in total. The van der Waals surface area contributed by atoms with Crippen LogP contribution in [-0.4, -0.2) is 64.1 Å². The molecule has 0 spiro atoms. The summed E-state index contributed by atoms with van der Waals surface area (Å²) in [6.45, 7) is 2.49. The fourth-order valence-electron chi connectivity index (χ4n) is 2.42. The Balaban J connectivity index is 2.25. The molecule has 1 aromatic rings. The lowest BCUT2D eigenvalue weighted by atomic mass is 10.1. The third-order valence-corrected chi connectivity index (χ3v) is 5.79. The van der Waals surface area contributed by atoms with Crippen molar-refractivity contribution in [3.8, 4) is 5.75 Å². The van der Waals surface area contributed by atoms with E-state index in [0.29, 0.717) is 18.8 Å². The van der Waals surface area contributed by atoms with Crippen LogP contribution in [0.3, 0.4) is 0 Å². The second-order valence-electron chi connectivity index (χ2n) is 5.71. The zero-order chi connectivity index (χ0) is 19.3. The average Bonchev–Trinajstić information content (AvgIpc) is 2.62. The minimum Gasteiger partial charge on any atom is -0.495 e. The van der Waals surface area contributed by atoms with Gasteiger partial charge in [-0.1, -0.05) is 6.07 Å². The van der Waals surface area contributed by atoms with Gasteiger partial charge in [0, 0.05) is 13.1 Å². The summed E-state index contributed by atoms with van der Waals surface area (Å²) in [6.07, 6.45) is -1.26. The fourth-order valence-corrected chi connectivity index (χ4v) is 4.04. The van der Waals surface area contributed by atoms with Crippen molar-refractivity contribution in [3.05, 3.63) is 23.8 Å². The number of rotatable bonds is 7. The molecule has 0 saturated carbocycles. The van der Waals surface area contributed by atoms with Crippen LogP contribution in [0.2, 0.25) is 0 Å². The van der Waals surface area contributed by atoms with Gasteiger partial charge in [-0.15, -0.1) is 0 Å². The van der Waals surface area contributed by atoms with Crippen molar-refractivity contribution >= 4 is 21.9 Å². The Morgan fingerprint density at radius 3 is 2.54 bits per heavy atom. The molecule has 0 bridgehead atoms. The molecule has 1 heterocycles. The summed E-state index contributed by atoms with van der Waals surface area (Å²) in [7, 11) is -2.43. The zero-order valence-corrected chi connectivity index (χ0v) is 15.5. The molecule has 1 atom stereocenters. The molecule has 0 unspecified atom stereocenters. The quantitative estimate of drug-likeness (QED) is 0.636. The first kappa shape index (κ1) is 20.1. The number of hydrogen-bond acceptors (Lipinski definition) is 7. The van der Waals surface area contributed by atoms with Crippen LogP contribution in [0.1, 0.15) is 12.5 Å². The van der Waals surface area contributed by atoms with E-state index in [2.05, 4.69) is 0 Å². The normalized spacial score (nSPS) is 16.7. The lowest BCUT2D eigenvalue weighted by Gasteiger charge is -2.26. The first-order chi connectivity index (χ1) is 12.3. The minimum atomic E-state index is -3.80. The molecule has 1 amide bonds.